The maximum absolute atomic E-state index is 5.89. The molecule has 1 heterocycles. The minimum absolute atomic E-state index is 0.228. The van der Waals surface area contributed by atoms with Crippen LogP contribution in [0.4, 0.5) is 0 Å². The summed E-state index contributed by atoms with van der Waals surface area (Å²) in [5, 5.41) is 0. The first-order valence-electron chi connectivity index (χ1n) is 6.89. The number of nitrogens with zero attached hydrogens (tertiary/aromatic N) is 2. The van der Waals surface area contributed by atoms with Crippen LogP contribution in [0.2, 0.25) is 0 Å². The molecule has 0 amide bonds. The number of alkyl halides is 1. The minimum Gasteiger partial charge on any atom is -0.497 e. The molecule has 5 heteroatoms. The number of rotatable bonds is 7. The number of benzene rings is 1. The van der Waals surface area contributed by atoms with Gasteiger partial charge in [0.1, 0.15) is 11.6 Å². The average molecular weight is 297 g/mol. The summed E-state index contributed by atoms with van der Waals surface area (Å²) in [7, 11) is 1.66. The van der Waals surface area contributed by atoms with Gasteiger partial charge < -0.3 is 14.0 Å². The molecule has 1 unspecified atom stereocenters. The lowest BCUT2D eigenvalue weighted by molar-refractivity contribution is 0.119. The van der Waals surface area contributed by atoms with Crippen LogP contribution < -0.4 is 4.74 Å². The van der Waals surface area contributed by atoms with Gasteiger partial charge in [-0.3, -0.25) is 0 Å². The van der Waals surface area contributed by atoms with E-state index in [9.17, 15) is 0 Å². The van der Waals surface area contributed by atoms with Crippen molar-refractivity contribution >= 4 is 22.6 Å². The maximum atomic E-state index is 5.89. The van der Waals surface area contributed by atoms with Gasteiger partial charge in [0, 0.05) is 25.0 Å². The summed E-state index contributed by atoms with van der Waals surface area (Å²) in [6, 6.07) is 6.18. The van der Waals surface area contributed by atoms with E-state index >= 15 is 0 Å². The van der Waals surface area contributed by atoms with Crippen molar-refractivity contribution in [1.29, 1.82) is 0 Å². The Hall–Kier alpha value is -1.26. The molecule has 4 nitrogen and oxygen atoms in total. The molecular formula is C15H21ClN2O2. The number of halogens is 1. The zero-order chi connectivity index (χ0) is 14.5. The summed E-state index contributed by atoms with van der Waals surface area (Å²) < 4.78 is 13.0. The molecule has 0 saturated heterocycles. The van der Waals surface area contributed by atoms with Gasteiger partial charge in [0.15, 0.2) is 0 Å². The van der Waals surface area contributed by atoms with Crippen molar-refractivity contribution in [3.8, 4) is 5.75 Å². The second kappa shape index (κ2) is 6.95. The second-order valence-electron chi connectivity index (χ2n) is 4.70. The van der Waals surface area contributed by atoms with E-state index in [0.717, 1.165) is 35.6 Å². The van der Waals surface area contributed by atoms with Crippen molar-refractivity contribution in [3.05, 3.63) is 24.0 Å². The van der Waals surface area contributed by atoms with Gasteiger partial charge in [0.25, 0.3) is 0 Å². The molecule has 2 rings (SSSR count). The fourth-order valence-electron chi connectivity index (χ4n) is 2.37. The summed E-state index contributed by atoms with van der Waals surface area (Å²) >= 11 is 5.89. The number of aromatic nitrogens is 2. The Labute approximate surface area is 124 Å². The van der Waals surface area contributed by atoms with Crippen LogP contribution in [0.25, 0.3) is 11.0 Å². The smallest absolute Gasteiger partial charge is 0.121 e. The Bertz CT molecular complexity index is 568. The molecule has 0 saturated carbocycles. The molecule has 0 aliphatic heterocycles. The summed E-state index contributed by atoms with van der Waals surface area (Å²) in [5.41, 5.74) is 2.03. The van der Waals surface area contributed by atoms with Crippen LogP contribution in [-0.4, -0.2) is 35.8 Å². The standard InChI is InChI=1S/C15H21ClN2O2/c1-4-20-10-11(2)18-14-6-5-12(19-3)9-13(14)17-15(18)7-8-16/h5-6,9,11H,4,7-8,10H2,1-3H3. The van der Waals surface area contributed by atoms with Crippen LogP contribution in [-0.2, 0) is 11.2 Å². The van der Waals surface area contributed by atoms with E-state index in [4.69, 9.17) is 21.1 Å². The molecule has 1 atom stereocenters. The topological polar surface area (TPSA) is 36.3 Å². The number of fused-ring (bicyclic) bond motifs is 1. The third-order valence-electron chi connectivity index (χ3n) is 3.29. The zero-order valence-corrected chi connectivity index (χ0v) is 13.0. The van der Waals surface area contributed by atoms with E-state index in [1.165, 1.54) is 0 Å². The number of hydrogen-bond acceptors (Lipinski definition) is 3. The lowest BCUT2D eigenvalue weighted by Gasteiger charge is -2.17. The Kier molecular flexibility index (Phi) is 5.26. The van der Waals surface area contributed by atoms with E-state index in [-0.39, 0.29) is 6.04 Å². The molecule has 0 radical (unpaired) electrons. The first-order chi connectivity index (χ1) is 9.71. The maximum Gasteiger partial charge on any atom is 0.121 e. The fourth-order valence-corrected chi connectivity index (χ4v) is 2.54. The van der Waals surface area contributed by atoms with E-state index in [0.29, 0.717) is 12.5 Å². The van der Waals surface area contributed by atoms with Gasteiger partial charge >= 0.3 is 0 Å². The van der Waals surface area contributed by atoms with Gasteiger partial charge in [-0.25, -0.2) is 4.98 Å². The highest BCUT2D eigenvalue weighted by Crippen LogP contribution is 2.25. The second-order valence-corrected chi connectivity index (χ2v) is 5.08. The zero-order valence-electron chi connectivity index (χ0n) is 12.2. The highest BCUT2D eigenvalue weighted by Gasteiger charge is 2.16. The van der Waals surface area contributed by atoms with Gasteiger partial charge in [-0.05, 0) is 26.0 Å². The minimum atomic E-state index is 0.228. The van der Waals surface area contributed by atoms with Crippen molar-refractivity contribution < 1.29 is 9.47 Å². The molecule has 0 bridgehead atoms. The molecule has 0 N–H and O–H groups in total. The third kappa shape index (κ3) is 3.07. The van der Waals surface area contributed by atoms with Gasteiger partial charge in [0.05, 0.1) is 30.8 Å². The average Bonchev–Trinajstić information content (AvgIpc) is 2.82. The summed E-state index contributed by atoms with van der Waals surface area (Å²) in [6.07, 6.45) is 0.745. The number of imidazole rings is 1. The van der Waals surface area contributed by atoms with Crippen molar-refractivity contribution in [2.24, 2.45) is 0 Å². The van der Waals surface area contributed by atoms with Crippen LogP contribution >= 0.6 is 11.6 Å². The summed E-state index contributed by atoms with van der Waals surface area (Å²) in [5.74, 6) is 2.37. The Morgan fingerprint density at radius 2 is 2.20 bits per heavy atom. The molecule has 1 aromatic carbocycles. The molecule has 0 spiro atoms. The first kappa shape index (κ1) is 15.1. The molecule has 2 aromatic rings. The van der Waals surface area contributed by atoms with Crippen LogP contribution in [0.15, 0.2) is 18.2 Å². The van der Waals surface area contributed by atoms with Gasteiger partial charge in [-0.2, -0.15) is 0 Å². The number of aryl methyl sites for hydroxylation is 1. The third-order valence-corrected chi connectivity index (χ3v) is 3.48. The van der Waals surface area contributed by atoms with E-state index in [2.05, 4.69) is 16.5 Å². The summed E-state index contributed by atoms with van der Waals surface area (Å²) in [4.78, 5) is 4.68. The van der Waals surface area contributed by atoms with Crippen molar-refractivity contribution in [2.45, 2.75) is 26.3 Å². The highest BCUT2D eigenvalue weighted by molar-refractivity contribution is 6.17. The largest absolute Gasteiger partial charge is 0.497 e. The van der Waals surface area contributed by atoms with Crippen molar-refractivity contribution in [3.63, 3.8) is 0 Å². The van der Waals surface area contributed by atoms with E-state index in [1.807, 2.05) is 25.1 Å². The molecule has 0 aliphatic carbocycles. The van der Waals surface area contributed by atoms with Gasteiger partial charge in [-0.15, -0.1) is 11.6 Å². The summed E-state index contributed by atoms with van der Waals surface area (Å²) in [6.45, 7) is 5.53. The SMILES string of the molecule is CCOCC(C)n1c(CCCl)nc2cc(OC)ccc21. The molecule has 20 heavy (non-hydrogen) atoms. The van der Waals surface area contributed by atoms with E-state index in [1.54, 1.807) is 7.11 Å². The number of hydrogen-bond donors (Lipinski definition) is 0. The molecule has 0 aliphatic rings. The van der Waals surface area contributed by atoms with Gasteiger partial charge in [-0.1, -0.05) is 0 Å². The number of methoxy groups -OCH3 is 1. The van der Waals surface area contributed by atoms with E-state index < -0.39 is 0 Å². The lowest BCUT2D eigenvalue weighted by Crippen LogP contribution is -2.15. The Morgan fingerprint density at radius 1 is 1.40 bits per heavy atom. The van der Waals surface area contributed by atoms with Crippen molar-refractivity contribution in [1.82, 2.24) is 9.55 Å². The molecule has 1 aromatic heterocycles. The Balaban J connectivity index is 2.45. The predicted molar refractivity (Wildman–Crippen MR) is 81.9 cm³/mol. The predicted octanol–water partition coefficient (Wildman–Crippen LogP) is 3.42. The monoisotopic (exact) mass is 296 g/mol. The van der Waals surface area contributed by atoms with Gasteiger partial charge in [0.2, 0.25) is 0 Å². The lowest BCUT2D eigenvalue weighted by atomic mass is 10.2. The normalized spacial score (nSPS) is 12.8. The van der Waals surface area contributed by atoms with Crippen LogP contribution in [0, 0.1) is 0 Å². The van der Waals surface area contributed by atoms with Crippen LogP contribution in [0.1, 0.15) is 25.7 Å². The van der Waals surface area contributed by atoms with Crippen LogP contribution in [0.3, 0.4) is 0 Å². The molecule has 0 fully saturated rings. The highest BCUT2D eigenvalue weighted by atomic mass is 35.5. The fraction of sp³-hybridized carbons (Fsp3) is 0.533. The number of ether oxygens (including phenoxy) is 2. The van der Waals surface area contributed by atoms with Crippen LogP contribution in [0.5, 0.6) is 5.75 Å². The quantitative estimate of drug-likeness (QED) is 0.735. The van der Waals surface area contributed by atoms with Crippen molar-refractivity contribution in [2.75, 3.05) is 26.2 Å². The molecule has 110 valence electrons. The molecular weight excluding hydrogens is 276 g/mol. The first-order valence-corrected chi connectivity index (χ1v) is 7.43. The Morgan fingerprint density at radius 3 is 2.85 bits per heavy atom.